The van der Waals surface area contributed by atoms with Crippen LogP contribution in [0.5, 0.6) is 0 Å². The first kappa shape index (κ1) is 15.0. The number of thiocarbonyl (C=S) groups is 1. The van der Waals surface area contributed by atoms with Gasteiger partial charge in [-0.25, -0.2) is 0 Å². The molecule has 2 aromatic rings. The van der Waals surface area contributed by atoms with Crippen molar-refractivity contribution < 1.29 is 9.21 Å². The summed E-state index contributed by atoms with van der Waals surface area (Å²) < 4.78 is 5.61. The molecule has 2 N–H and O–H groups in total. The van der Waals surface area contributed by atoms with Crippen molar-refractivity contribution >= 4 is 56.5 Å². The normalized spacial score (nSPS) is 10.2. The Morgan fingerprint density at radius 1 is 1.35 bits per heavy atom. The predicted molar refractivity (Wildman–Crippen MR) is 86.3 cm³/mol. The zero-order valence-electron chi connectivity index (χ0n) is 10.4. The third-order valence-corrected chi connectivity index (χ3v) is 3.49. The first-order valence-electron chi connectivity index (χ1n) is 5.59. The van der Waals surface area contributed by atoms with Crippen LogP contribution < -0.4 is 10.6 Å². The lowest BCUT2D eigenvalue weighted by Crippen LogP contribution is -2.33. The smallest absolute Gasteiger partial charge is 0.293 e. The van der Waals surface area contributed by atoms with Gasteiger partial charge in [0.2, 0.25) is 0 Å². The Kier molecular flexibility index (Phi) is 4.80. The van der Waals surface area contributed by atoms with Crippen LogP contribution in [0.25, 0.3) is 0 Å². The molecule has 7 heteroatoms. The van der Waals surface area contributed by atoms with Gasteiger partial charge in [0.25, 0.3) is 5.91 Å². The first-order chi connectivity index (χ1) is 9.45. The van der Waals surface area contributed by atoms with Crippen LogP contribution in [0, 0.1) is 6.92 Å². The summed E-state index contributed by atoms with van der Waals surface area (Å²) in [5.74, 6) is -0.255. The minimum absolute atomic E-state index is 0.169. The number of hydrogen-bond acceptors (Lipinski definition) is 3. The van der Waals surface area contributed by atoms with Crippen molar-refractivity contribution in [3.63, 3.8) is 0 Å². The topological polar surface area (TPSA) is 54.3 Å². The lowest BCUT2D eigenvalue weighted by atomic mass is 10.2. The summed E-state index contributed by atoms with van der Waals surface area (Å²) in [6.45, 7) is 1.90. The van der Waals surface area contributed by atoms with Gasteiger partial charge < -0.3 is 9.73 Å². The van der Waals surface area contributed by atoms with Crippen molar-refractivity contribution in [3.05, 3.63) is 51.3 Å². The van der Waals surface area contributed by atoms with Crippen LogP contribution in [-0.2, 0) is 0 Å². The summed E-state index contributed by atoms with van der Waals surface area (Å²) in [6.07, 6.45) is 0. The highest BCUT2D eigenvalue weighted by Gasteiger charge is 2.12. The monoisotopic (exact) mass is 372 g/mol. The molecule has 0 aliphatic carbocycles. The molecule has 4 nitrogen and oxygen atoms in total. The van der Waals surface area contributed by atoms with Gasteiger partial charge in [-0.3, -0.25) is 10.1 Å². The van der Waals surface area contributed by atoms with E-state index in [1.165, 1.54) is 0 Å². The van der Waals surface area contributed by atoms with Gasteiger partial charge in [0.05, 0.1) is 0 Å². The van der Waals surface area contributed by atoms with Crippen molar-refractivity contribution in [1.29, 1.82) is 0 Å². The van der Waals surface area contributed by atoms with Crippen LogP contribution in [0.3, 0.4) is 0 Å². The number of carbonyl (C=O) groups is 1. The molecule has 20 heavy (non-hydrogen) atoms. The Balaban J connectivity index is 1.98. The van der Waals surface area contributed by atoms with Gasteiger partial charge in [-0.05, 0) is 64.9 Å². The number of aryl methyl sites for hydroxylation is 1. The Labute approximate surface area is 134 Å². The van der Waals surface area contributed by atoms with E-state index >= 15 is 0 Å². The van der Waals surface area contributed by atoms with E-state index in [1.807, 2.05) is 19.1 Å². The summed E-state index contributed by atoms with van der Waals surface area (Å²) in [6, 6.07) is 8.59. The molecule has 0 spiro atoms. The second-order valence-electron chi connectivity index (χ2n) is 3.98. The lowest BCUT2D eigenvalue weighted by Gasteiger charge is -2.09. The summed E-state index contributed by atoms with van der Waals surface area (Å²) >= 11 is 14.2. The fourth-order valence-electron chi connectivity index (χ4n) is 1.43. The minimum Gasteiger partial charge on any atom is -0.444 e. The lowest BCUT2D eigenvalue weighted by molar-refractivity contribution is 0.0949. The fraction of sp³-hybridized carbons (Fsp3) is 0.0769. The molecule has 0 bridgehead atoms. The molecule has 1 aromatic heterocycles. The summed E-state index contributed by atoms with van der Waals surface area (Å²) in [5.41, 5.74) is 1.67. The maximum Gasteiger partial charge on any atom is 0.293 e. The average molecular weight is 374 g/mol. The summed E-state index contributed by atoms with van der Waals surface area (Å²) in [4.78, 5) is 11.8. The molecular formula is C13H10BrClN2O2S. The van der Waals surface area contributed by atoms with E-state index in [9.17, 15) is 4.79 Å². The molecule has 1 amide bonds. The number of carbonyl (C=O) groups excluding carboxylic acids is 1. The number of anilines is 1. The third-order valence-electron chi connectivity index (χ3n) is 2.45. The van der Waals surface area contributed by atoms with E-state index in [-0.39, 0.29) is 10.9 Å². The molecule has 2 rings (SSSR count). The second-order valence-corrected chi connectivity index (χ2v) is 5.57. The minimum atomic E-state index is -0.425. The van der Waals surface area contributed by atoms with Crippen molar-refractivity contribution in [2.75, 3.05) is 5.32 Å². The summed E-state index contributed by atoms with van der Waals surface area (Å²) in [5, 5.41) is 6.19. The largest absolute Gasteiger partial charge is 0.444 e. The van der Waals surface area contributed by atoms with E-state index in [2.05, 4.69) is 26.6 Å². The molecule has 104 valence electrons. The SMILES string of the molecule is Cc1ccc(NC(=S)NC(=O)c2ccc(Br)o2)cc1Cl. The standard InChI is InChI=1S/C13H10BrClN2O2S/c1-7-2-3-8(6-9(7)15)16-13(20)17-12(18)10-4-5-11(14)19-10/h2-6H,1H3,(H2,16,17,18,20). The van der Waals surface area contributed by atoms with Gasteiger partial charge in [-0.1, -0.05) is 17.7 Å². The molecule has 0 aliphatic heterocycles. The van der Waals surface area contributed by atoms with Crippen molar-refractivity contribution in [2.24, 2.45) is 0 Å². The second kappa shape index (κ2) is 6.39. The zero-order chi connectivity index (χ0) is 14.7. The average Bonchev–Trinajstić information content (AvgIpc) is 2.80. The number of hydrogen-bond donors (Lipinski definition) is 2. The maximum absolute atomic E-state index is 11.8. The third kappa shape index (κ3) is 3.82. The van der Waals surface area contributed by atoms with Crippen LogP contribution >= 0.6 is 39.7 Å². The maximum atomic E-state index is 11.8. The van der Waals surface area contributed by atoms with Crippen molar-refractivity contribution in [3.8, 4) is 0 Å². The van der Waals surface area contributed by atoms with Crippen LogP contribution in [0.1, 0.15) is 16.1 Å². The van der Waals surface area contributed by atoms with Crippen molar-refractivity contribution in [1.82, 2.24) is 5.32 Å². The van der Waals surface area contributed by atoms with Gasteiger partial charge in [0.1, 0.15) is 0 Å². The van der Waals surface area contributed by atoms with Crippen LogP contribution in [0.2, 0.25) is 5.02 Å². The van der Waals surface area contributed by atoms with Crippen LogP contribution in [0.15, 0.2) is 39.4 Å². The fourth-order valence-corrected chi connectivity index (χ4v) is 2.13. The molecule has 1 aromatic carbocycles. The Morgan fingerprint density at radius 2 is 2.10 bits per heavy atom. The van der Waals surface area contributed by atoms with E-state index in [0.717, 1.165) is 5.56 Å². The molecule has 0 saturated carbocycles. The highest BCUT2D eigenvalue weighted by atomic mass is 79.9. The molecular weight excluding hydrogens is 364 g/mol. The number of furan rings is 1. The molecule has 0 unspecified atom stereocenters. The van der Waals surface area contributed by atoms with Gasteiger partial charge in [-0.2, -0.15) is 0 Å². The van der Waals surface area contributed by atoms with E-state index < -0.39 is 5.91 Å². The number of rotatable bonds is 2. The quantitative estimate of drug-likeness (QED) is 0.777. The molecule has 1 heterocycles. The van der Waals surface area contributed by atoms with Gasteiger partial charge >= 0.3 is 0 Å². The molecule has 0 aliphatic rings. The summed E-state index contributed by atoms with van der Waals surface area (Å²) in [7, 11) is 0. The molecule has 0 atom stereocenters. The zero-order valence-corrected chi connectivity index (χ0v) is 13.5. The Hall–Kier alpha value is -1.37. The number of halogens is 2. The number of amides is 1. The van der Waals surface area contributed by atoms with Gasteiger partial charge in [0.15, 0.2) is 15.5 Å². The highest BCUT2D eigenvalue weighted by Crippen LogP contribution is 2.20. The van der Waals surface area contributed by atoms with E-state index in [0.29, 0.717) is 15.4 Å². The van der Waals surface area contributed by atoms with Gasteiger partial charge in [-0.15, -0.1) is 0 Å². The first-order valence-corrected chi connectivity index (χ1v) is 7.17. The van der Waals surface area contributed by atoms with Crippen LogP contribution in [-0.4, -0.2) is 11.0 Å². The Bertz CT molecular complexity index is 672. The number of benzene rings is 1. The number of nitrogens with one attached hydrogen (secondary N) is 2. The highest BCUT2D eigenvalue weighted by molar-refractivity contribution is 9.10. The van der Waals surface area contributed by atoms with E-state index in [4.69, 9.17) is 28.2 Å². The molecule has 0 saturated heterocycles. The van der Waals surface area contributed by atoms with Crippen LogP contribution in [0.4, 0.5) is 5.69 Å². The Morgan fingerprint density at radius 3 is 2.70 bits per heavy atom. The van der Waals surface area contributed by atoms with Gasteiger partial charge in [0, 0.05) is 10.7 Å². The predicted octanol–water partition coefficient (Wildman–Crippen LogP) is 4.13. The van der Waals surface area contributed by atoms with E-state index in [1.54, 1.807) is 18.2 Å². The molecule has 0 fully saturated rings. The molecule has 0 radical (unpaired) electrons. The van der Waals surface area contributed by atoms with Crippen molar-refractivity contribution in [2.45, 2.75) is 6.92 Å².